The van der Waals surface area contributed by atoms with Crippen LogP contribution < -0.4 is 21.7 Å². The molecule has 1 aliphatic carbocycles. The van der Waals surface area contributed by atoms with Crippen LogP contribution in [0.1, 0.15) is 49.5 Å². The molecule has 4 amide bonds. The molecule has 7 N–H and O–H groups in total. The van der Waals surface area contributed by atoms with Gasteiger partial charge in [0.05, 0.1) is 32.4 Å². The number of hydrogen-bond acceptors (Lipinski definition) is 10. The Balaban J connectivity index is 0.00000136. The van der Waals surface area contributed by atoms with Gasteiger partial charge in [-0.15, -0.1) is 0 Å². The van der Waals surface area contributed by atoms with Crippen molar-refractivity contribution in [3.63, 3.8) is 0 Å². The van der Waals surface area contributed by atoms with Gasteiger partial charge in [0.2, 0.25) is 17.7 Å². The number of aliphatic carboxylic acids is 1. The Morgan fingerprint density at radius 2 is 1.83 bits per heavy atom. The van der Waals surface area contributed by atoms with Crippen molar-refractivity contribution in [2.45, 2.75) is 51.1 Å². The maximum absolute atomic E-state index is 13.8. The van der Waals surface area contributed by atoms with Crippen molar-refractivity contribution in [2.24, 2.45) is 11.7 Å². The molecule has 2 aliphatic heterocycles. The van der Waals surface area contributed by atoms with Crippen molar-refractivity contribution in [1.82, 2.24) is 40.6 Å². The van der Waals surface area contributed by atoms with E-state index in [1.165, 1.54) is 18.6 Å². The first kappa shape index (κ1) is 36.1. The van der Waals surface area contributed by atoms with Crippen LogP contribution in [0.3, 0.4) is 0 Å². The Morgan fingerprint density at radius 1 is 1.11 bits per heavy atom. The molecule has 0 aromatic carbocycles. The number of aromatic nitrogens is 2. The molecule has 0 radical (unpaired) electrons. The largest absolute Gasteiger partial charge is 0.481 e. The van der Waals surface area contributed by atoms with Gasteiger partial charge >= 0.3 is 0 Å². The fraction of sp³-hybridized carbons (Fsp3) is 0.655. The van der Waals surface area contributed by atoms with Crippen molar-refractivity contribution in [2.75, 3.05) is 65.6 Å². The van der Waals surface area contributed by atoms with Crippen LogP contribution in [0.5, 0.6) is 0 Å². The number of carboxylic acids is 1. The van der Waals surface area contributed by atoms with Crippen LogP contribution in [0.4, 0.5) is 0 Å². The van der Waals surface area contributed by atoms with Crippen LogP contribution in [-0.2, 0) is 23.9 Å². The molecule has 1 aromatic heterocycles. The number of guanidine groups is 1. The lowest BCUT2D eigenvalue weighted by Crippen LogP contribution is -2.54. The summed E-state index contributed by atoms with van der Waals surface area (Å²) < 4.78 is 5.35. The Bertz CT molecular complexity index is 1190. The first-order valence-corrected chi connectivity index (χ1v) is 15.5. The molecule has 3 fully saturated rings. The van der Waals surface area contributed by atoms with Crippen LogP contribution in [0.25, 0.3) is 0 Å². The van der Waals surface area contributed by atoms with Gasteiger partial charge in [-0.05, 0) is 31.6 Å². The Morgan fingerprint density at radius 3 is 2.46 bits per heavy atom. The molecule has 3 aliphatic rings. The summed E-state index contributed by atoms with van der Waals surface area (Å²) >= 11 is 0. The predicted octanol–water partition coefficient (Wildman–Crippen LogP) is -1.78. The third-order valence-corrected chi connectivity index (χ3v) is 7.65. The zero-order valence-corrected chi connectivity index (χ0v) is 26.3. The van der Waals surface area contributed by atoms with Crippen LogP contribution >= 0.6 is 0 Å². The number of hydrogen-bond donors (Lipinski definition) is 6. The molecule has 3 heterocycles. The molecule has 46 heavy (non-hydrogen) atoms. The van der Waals surface area contributed by atoms with Gasteiger partial charge in [0.25, 0.3) is 11.9 Å². The normalized spacial score (nSPS) is 18.6. The van der Waals surface area contributed by atoms with Gasteiger partial charge in [-0.25, -0.2) is 4.98 Å². The van der Waals surface area contributed by atoms with E-state index in [9.17, 15) is 19.2 Å². The summed E-state index contributed by atoms with van der Waals surface area (Å²) in [6, 6.07) is -1.05. The lowest BCUT2D eigenvalue weighted by molar-refractivity contribution is -0.139. The highest BCUT2D eigenvalue weighted by atomic mass is 16.5. The monoisotopic (exact) mass is 646 g/mol. The first-order valence-electron chi connectivity index (χ1n) is 15.5. The lowest BCUT2D eigenvalue weighted by Gasteiger charge is -2.33. The van der Waals surface area contributed by atoms with Crippen molar-refractivity contribution in [1.29, 1.82) is 5.41 Å². The summed E-state index contributed by atoms with van der Waals surface area (Å²) in [6.45, 7) is 5.62. The van der Waals surface area contributed by atoms with E-state index in [1.807, 2.05) is 4.90 Å². The summed E-state index contributed by atoms with van der Waals surface area (Å²) in [5.41, 5.74) is 5.81. The number of nitrogens with two attached hydrogens (primary N) is 1. The van der Waals surface area contributed by atoms with Crippen molar-refractivity contribution in [3.8, 4) is 0 Å². The Hall–Kier alpha value is -4.38. The van der Waals surface area contributed by atoms with Gasteiger partial charge < -0.3 is 41.3 Å². The van der Waals surface area contributed by atoms with Gasteiger partial charge in [0, 0.05) is 71.2 Å². The number of nitrogens with one attached hydrogen (secondary N) is 4. The predicted molar refractivity (Wildman–Crippen MR) is 165 cm³/mol. The summed E-state index contributed by atoms with van der Waals surface area (Å²) in [6.07, 6.45) is 7.48. The molecule has 1 saturated carbocycles. The van der Waals surface area contributed by atoms with E-state index in [-0.39, 0.29) is 67.4 Å². The van der Waals surface area contributed by atoms with Gasteiger partial charge in [0.15, 0.2) is 5.96 Å². The zero-order chi connectivity index (χ0) is 33.5. The molecule has 17 nitrogen and oxygen atoms in total. The number of morpholine rings is 1. The van der Waals surface area contributed by atoms with E-state index < -0.39 is 17.9 Å². The molecule has 4 rings (SSSR count). The third-order valence-electron chi connectivity index (χ3n) is 7.65. The number of amides is 4. The van der Waals surface area contributed by atoms with Crippen LogP contribution in [-0.4, -0.2) is 143 Å². The quantitative estimate of drug-likeness (QED) is 0.103. The molecule has 0 spiro atoms. The molecule has 254 valence electrons. The van der Waals surface area contributed by atoms with E-state index in [0.717, 1.165) is 39.2 Å². The standard InChI is InChI=1S/C27H42N10O5.C2H4O2/c28-27(29)36-8-1-2-19(17-36)15-33-23(38)14-21(34-24(39)18-35-10-12-42-13-11-35)26(41)37(20-3-4-20)9-7-32-25(40)22-16-30-5-6-31-22;1-2(3)4/h5-6,16,19-21H,1-4,7-15,17-18H2,(H3,28,29)(H,32,40)(H,33,38)(H,34,39);1H3,(H,3,4)/t19-,21-;/m0./s1. The van der Waals surface area contributed by atoms with Gasteiger partial charge in [-0.2, -0.15) is 0 Å². The maximum Gasteiger partial charge on any atom is 0.300 e. The summed E-state index contributed by atoms with van der Waals surface area (Å²) in [4.78, 5) is 74.5. The average molecular weight is 647 g/mol. The van der Waals surface area contributed by atoms with Crippen molar-refractivity contribution >= 4 is 35.6 Å². The van der Waals surface area contributed by atoms with Crippen LogP contribution in [0.2, 0.25) is 0 Å². The number of piperidine rings is 1. The second kappa shape index (κ2) is 18.6. The minimum Gasteiger partial charge on any atom is -0.481 e. The fourth-order valence-electron chi connectivity index (χ4n) is 5.22. The molecular weight excluding hydrogens is 600 g/mol. The molecule has 2 atom stereocenters. The first-order chi connectivity index (χ1) is 22.0. The van der Waals surface area contributed by atoms with E-state index in [1.54, 1.807) is 9.80 Å². The molecular formula is C29H46N10O7. The zero-order valence-electron chi connectivity index (χ0n) is 26.3. The molecule has 0 bridgehead atoms. The number of rotatable bonds is 13. The maximum atomic E-state index is 13.8. The second-order valence-corrected chi connectivity index (χ2v) is 11.5. The SMILES string of the molecule is CC(=O)O.N=C(N)N1CCC[C@@H](CNC(=O)C[C@H](NC(=O)CN2CCOCC2)C(=O)N(CCNC(=O)c2cnccn2)C2CC2)C1. The van der Waals surface area contributed by atoms with Crippen molar-refractivity contribution in [3.05, 3.63) is 24.3 Å². The van der Waals surface area contributed by atoms with E-state index in [4.69, 9.17) is 25.8 Å². The topological polar surface area (TPSA) is 236 Å². The minimum absolute atomic E-state index is 0.00701. The number of nitrogens with zero attached hydrogens (tertiary/aromatic N) is 5. The van der Waals surface area contributed by atoms with Gasteiger partial charge in [0.1, 0.15) is 11.7 Å². The number of likely N-dealkylation sites (tertiary alicyclic amines) is 1. The van der Waals surface area contributed by atoms with Gasteiger partial charge in [-0.1, -0.05) is 0 Å². The van der Waals surface area contributed by atoms with E-state index >= 15 is 0 Å². The highest BCUT2D eigenvalue weighted by Crippen LogP contribution is 2.27. The average Bonchev–Trinajstić information content (AvgIpc) is 3.88. The fourth-order valence-corrected chi connectivity index (χ4v) is 5.22. The number of carboxylic acid groups (broad SMARTS) is 1. The summed E-state index contributed by atoms with van der Waals surface area (Å²) in [5.74, 6) is -2.10. The molecule has 1 aromatic rings. The number of carbonyl (C=O) groups excluding carboxylic acids is 4. The van der Waals surface area contributed by atoms with Crippen LogP contribution in [0, 0.1) is 11.3 Å². The van der Waals surface area contributed by atoms with Crippen molar-refractivity contribution < 1.29 is 33.8 Å². The highest BCUT2D eigenvalue weighted by molar-refractivity contribution is 5.93. The smallest absolute Gasteiger partial charge is 0.300 e. The summed E-state index contributed by atoms with van der Waals surface area (Å²) in [5, 5.41) is 23.6. The van der Waals surface area contributed by atoms with E-state index in [0.29, 0.717) is 39.4 Å². The third kappa shape index (κ3) is 12.9. The number of carbonyl (C=O) groups is 5. The van der Waals surface area contributed by atoms with E-state index in [2.05, 4.69) is 25.9 Å². The second-order valence-electron chi connectivity index (χ2n) is 11.5. The number of ether oxygens (including phenoxy) is 1. The lowest BCUT2D eigenvalue weighted by atomic mass is 9.98. The molecule has 17 heteroatoms. The minimum atomic E-state index is -1.05. The highest BCUT2D eigenvalue weighted by Gasteiger charge is 2.37. The molecule has 2 saturated heterocycles. The van der Waals surface area contributed by atoms with Gasteiger partial charge in [-0.3, -0.25) is 39.3 Å². The molecule has 0 unspecified atom stereocenters. The summed E-state index contributed by atoms with van der Waals surface area (Å²) in [7, 11) is 0. The Labute approximate surface area is 268 Å². The van der Waals surface area contributed by atoms with Crippen LogP contribution in [0.15, 0.2) is 18.6 Å². The Kier molecular flexibility index (Phi) is 14.6.